The molecule has 0 spiro atoms. The van der Waals surface area contributed by atoms with E-state index in [4.69, 9.17) is 10.2 Å². The lowest BCUT2D eigenvalue weighted by Crippen LogP contribution is -2.19. The predicted octanol–water partition coefficient (Wildman–Crippen LogP) is 2.54. The lowest BCUT2D eigenvalue weighted by molar-refractivity contribution is -0.138. The Morgan fingerprint density at radius 3 is 2.57 bits per heavy atom. The average molecular weight is 446 g/mol. The summed E-state index contributed by atoms with van der Waals surface area (Å²) in [4.78, 5) is 54.5. The summed E-state index contributed by atoms with van der Waals surface area (Å²) in [6.07, 6.45) is 2.65. The standard InChI is InChI=1S/C18H14N4O6S2/c23-13(5-6-14(24)25)21-17-19-8-11(29-17)7-12-15(26)22-18(30-12)20-10-3-1-9(2-4-10)16(27)28/h1-4,7-8H,5-6H2,(H,24,25)(H,27,28)(H,19,21,23)(H,20,22,26). The van der Waals surface area contributed by atoms with Crippen LogP contribution in [0.5, 0.6) is 0 Å². The molecule has 1 aromatic heterocycles. The summed E-state index contributed by atoms with van der Waals surface area (Å²) in [6.45, 7) is 0. The Kier molecular flexibility index (Phi) is 6.59. The van der Waals surface area contributed by atoms with Crippen LogP contribution in [-0.4, -0.2) is 44.1 Å². The number of aromatic nitrogens is 1. The van der Waals surface area contributed by atoms with E-state index in [1.165, 1.54) is 30.5 Å². The van der Waals surface area contributed by atoms with Gasteiger partial charge >= 0.3 is 11.9 Å². The van der Waals surface area contributed by atoms with Gasteiger partial charge in [0.1, 0.15) is 0 Å². The number of nitrogens with one attached hydrogen (secondary N) is 2. The molecular formula is C18H14N4O6S2. The third-order valence-electron chi connectivity index (χ3n) is 3.60. The third kappa shape index (κ3) is 5.75. The number of amides is 2. The molecule has 1 aliphatic rings. The molecule has 12 heteroatoms. The summed E-state index contributed by atoms with van der Waals surface area (Å²) >= 11 is 2.25. The summed E-state index contributed by atoms with van der Waals surface area (Å²) in [5.74, 6) is -2.90. The summed E-state index contributed by atoms with van der Waals surface area (Å²) in [5, 5.41) is 23.3. The number of carboxylic acids is 2. The Morgan fingerprint density at radius 2 is 1.90 bits per heavy atom. The molecule has 30 heavy (non-hydrogen) atoms. The molecule has 1 aliphatic heterocycles. The fourth-order valence-electron chi connectivity index (χ4n) is 2.22. The smallest absolute Gasteiger partial charge is 0.335 e. The molecule has 1 fully saturated rings. The highest BCUT2D eigenvalue weighted by Crippen LogP contribution is 2.30. The van der Waals surface area contributed by atoms with Crippen LogP contribution in [0.1, 0.15) is 28.1 Å². The van der Waals surface area contributed by atoms with Crippen molar-refractivity contribution in [2.75, 3.05) is 5.32 Å². The zero-order valence-corrected chi connectivity index (χ0v) is 16.7. The van der Waals surface area contributed by atoms with Crippen LogP contribution in [0.25, 0.3) is 6.08 Å². The van der Waals surface area contributed by atoms with Gasteiger partial charge < -0.3 is 20.8 Å². The van der Waals surface area contributed by atoms with Crippen LogP contribution < -0.4 is 10.6 Å². The highest BCUT2D eigenvalue weighted by atomic mass is 32.2. The molecule has 3 rings (SSSR count). The fourth-order valence-corrected chi connectivity index (χ4v) is 3.90. The van der Waals surface area contributed by atoms with Crippen LogP contribution in [0, 0.1) is 0 Å². The van der Waals surface area contributed by atoms with Crippen molar-refractivity contribution in [3.63, 3.8) is 0 Å². The molecule has 1 aromatic carbocycles. The normalized spacial score (nSPS) is 15.9. The highest BCUT2D eigenvalue weighted by Gasteiger charge is 2.24. The number of hydrogen-bond donors (Lipinski definition) is 4. The Hall–Kier alpha value is -3.51. The maximum atomic E-state index is 12.2. The van der Waals surface area contributed by atoms with E-state index in [1.54, 1.807) is 6.08 Å². The fraction of sp³-hybridized carbons (Fsp3) is 0.111. The summed E-state index contributed by atoms with van der Waals surface area (Å²) in [6, 6.07) is 5.91. The molecule has 0 unspecified atom stereocenters. The van der Waals surface area contributed by atoms with Crippen LogP contribution in [0.3, 0.4) is 0 Å². The first-order valence-electron chi connectivity index (χ1n) is 8.40. The van der Waals surface area contributed by atoms with Crippen molar-refractivity contribution >= 4 is 68.9 Å². The Balaban J connectivity index is 1.65. The van der Waals surface area contributed by atoms with Crippen molar-refractivity contribution < 1.29 is 29.4 Å². The Labute approximate surface area is 177 Å². The third-order valence-corrected chi connectivity index (χ3v) is 5.37. The monoisotopic (exact) mass is 446 g/mol. The molecule has 0 radical (unpaired) electrons. The molecule has 0 atom stereocenters. The van der Waals surface area contributed by atoms with Gasteiger partial charge in [0.2, 0.25) is 5.91 Å². The van der Waals surface area contributed by atoms with E-state index in [0.29, 0.717) is 25.8 Å². The van der Waals surface area contributed by atoms with E-state index in [2.05, 4.69) is 20.6 Å². The zero-order valence-electron chi connectivity index (χ0n) is 15.1. The van der Waals surface area contributed by atoms with Crippen molar-refractivity contribution in [3.05, 3.63) is 45.8 Å². The molecular weight excluding hydrogens is 432 g/mol. The van der Waals surface area contributed by atoms with Gasteiger partial charge in [-0.25, -0.2) is 14.8 Å². The van der Waals surface area contributed by atoms with Gasteiger partial charge in [-0.15, -0.1) is 0 Å². The number of nitrogens with zero attached hydrogens (tertiary/aromatic N) is 2. The molecule has 154 valence electrons. The highest BCUT2D eigenvalue weighted by molar-refractivity contribution is 8.18. The largest absolute Gasteiger partial charge is 0.481 e. The van der Waals surface area contributed by atoms with Gasteiger partial charge in [-0.05, 0) is 42.1 Å². The molecule has 2 heterocycles. The van der Waals surface area contributed by atoms with Crippen LogP contribution >= 0.6 is 23.1 Å². The number of aliphatic imine (C=N–C) groups is 1. The number of carbonyl (C=O) groups excluding carboxylic acids is 2. The van der Waals surface area contributed by atoms with Gasteiger partial charge in [0.15, 0.2) is 10.3 Å². The number of amidine groups is 1. The van der Waals surface area contributed by atoms with Crippen molar-refractivity contribution in [1.82, 2.24) is 10.3 Å². The van der Waals surface area contributed by atoms with E-state index >= 15 is 0 Å². The first-order chi connectivity index (χ1) is 14.3. The van der Waals surface area contributed by atoms with Crippen LogP contribution in [0.4, 0.5) is 10.8 Å². The summed E-state index contributed by atoms with van der Waals surface area (Å²) in [7, 11) is 0. The maximum absolute atomic E-state index is 12.2. The number of rotatable bonds is 7. The number of anilines is 1. The van der Waals surface area contributed by atoms with E-state index in [0.717, 1.165) is 23.1 Å². The summed E-state index contributed by atoms with van der Waals surface area (Å²) < 4.78 is 0. The molecule has 0 saturated carbocycles. The van der Waals surface area contributed by atoms with Crippen molar-refractivity contribution in [3.8, 4) is 0 Å². The minimum absolute atomic E-state index is 0.138. The first kappa shape index (κ1) is 21.2. The van der Waals surface area contributed by atoms with Crippen molar-refractivity contribution in [2.45, 2.75) is 12.8 Å². The Bertz CT molecular complexity index is 1070. The second kappa shape index (κ2) is 9.33. The van der Waals surface area contributed by atoms with Crippen LogP contribution in [0.15, 0.2) is 40.4 Å². The minimum Gasteiger partial charge on any atom is -0.481 e. The van der Waals surface area contributed by atoms with Gasteiger partial charge in [-0.1, -0.05) is 11.3 Å². The Morgan fingerprint density at radius 1 is 1.17 bits per heavy atom. The number of thioether (sulfide) groups is 1. The number of carboxylic acid groups (broad SMARTS) is 2. The number of carbonyl (C=O) groups is 4. The van der Waals surface area contributed by atoms with Gasteiger partial charge in [-0.3, -0.25) is 14.4 Å². The molecule has 0 bridgehead atoms. The quantitative estimate of drug-likeness (QED) is 0.472. The topological polar surface area (TPSA) is 158 Å². The molecule has 10 nitrogen and oxygen atoms in total. The average Bonchev–Trinajstić information content (AvgIpc) is 3.27. The molecule has 1 saturated heterocycles. The second-order valence-corrected chi connectivity index (χ2v) is 7.94. The van der Waals surface area contributed by atoms with Crippen LogP contribution in [0.2, 0.25) is 0 Å². The summed E-state index contributed by atoms with van der Waals surface area (Å²) in [5.41, 5.74) is 0.631. The SMILES string of the molecule is O=C(O)CCC(=O)Nc1ncc(C=C2SC(=Nc3ccc(C(=O)O)cc3)NC2=O)s1. The van der Waals surface area contributed by atoms with E-state index in [1.807, 2.05) is 0 Å². The van der Waals surface area contributed by atoms with Crippen LogP contribution in [-0.2, 0) is 14.4 Å². The lowest BCUT2D eigenvalue weighted by Gasteiger charge is -1.98. The van der Waals surface area contributed by atoms with E-state index in [9.17, 15) is 19.2 Å². The minimum atomic E-state index is -1.06. The van der Waals surface area contributed by atoms with Gasteiger partial charge in [-0.2, -0.15) is 0 Å². The second-order valence-electron chi connectivity index (χ2n) is 5.84. The molecule has 2 aromatic rings. The van der Waals surface area contributed by atoms with E-state index in [-0.39, 0.29) is 24.3 Å². The van der Waals surface area contributed by atoms with Crippen molar-refractivity contribution in [2.24, 2.45) is 4.99 Å². The van der Waals surface area contributed by atoms with E-state index < -0.39 is 17.8 Å². The number of thiazole rings is 1. The number of aromatic carboxylic acids is 1. The zero-order chi connectivity index (χ0) is 21.7. The molecule has 2 amide bonds. The van der Waals surface area contributed by atoms with Gasteiger partial charge in [0, 0.05) is 12.6 Å². The maximum Gasteiger partial charge on any atom is 0.335 e. The molecule has 4 N–H and O–H groups in total. The molecule has 0 aliphatic carbocycles. The number of aliphatic carboxylic acids is 1. The van der Waals surface area contributed by atoms with Gasteiger partial charge in [0.05, 0.1) is 27.5 Å². The first-order valence-corrected chi connectivity index (χ1v) is 10.0. The van der Waals surface area contributed by atoms with Gasteiger partial charge in [0.25, 0.3) is 5.91 Å². The lowest BCUT2D eigenvalue weighted by atomic mass is 10.2. The number of hydrogen-bond acceptors (Lipinski definition) is 8. The number of benzene rings is 1. The predicted molar refractivity (Wildman–Crippen MR) is 112 cm³/mol. The van der Waals surface area contributed by atoms with Crippen molar-refractivity contribution in [1.29, 1.82) is 0 Å².